The maximum atomic E-state index is 11.8. The fraction of sp³-hybridized carbons (Fsp3) is 0.429. The van der Waals surface area contributed by atoms with Crippen LogP contribution >= 0.6 is 0 Å². The average Bonchev–Trinajstić information content (AvgIpc) is 2.44. The Kier molecular flexibility index (Phi) is 6.14. The van der Waals surface area contributed by atoms with Crippen LogP contribution in [0, 0.1) is 0 Å². The highest BCUT2D eigenvalue weighted by molar-refractivity contribution is 5.88. The van der Waals surface area contributed by atoms with Crippen LogP contribution in [0.4, 0.5) is 0 Å². The van der Waals surface area contributed by atoms with Gasteiger partial charge in [-0.1, -0.05) is 30.3 Å². The maximum absolute atomic E-state index is 11.8. The Bertz CT molecular complexity index is 448. The quantitative estimate of drug-likeness (QED) is 0.551. The fourth-order valence-corrected chi connectivity index (χ4v) is 1.72. The summed E-state index contributed by atoms with van der Waals surface area (Å²) in [6, 6.07) is 8.65. The molecule has 0 heterocycles. The Labute approximate surface area is 117 Å². The van der Waals surface area contributed by atoms with E-state index in [0.717, 1.165) is 0 Å². The Morgan fingerprint density at radius 1 is 1.25 bits per heavy atom. The topological polar surface area (TPSA) is 84.9 Å². The highest BCUT2D eigenvalue weighted by atomic mass is 16.7. The van der Waals surface area contributed by atoms with E-state index in [1.54, 1.807) is 30.3 Å². The van der Waals surface area contributed by atoms with Gasteiger partial charge in [0.1, 0.15) is 0 Å². The molecule has 1 rings (SSSR count). The molecule has 0 aliphatic rings. The number of aliphatic carboxylic acids is 1. The number of carbonyl (C=O) groups is 2. The first-order valence-electron chi connectivity index (χ1n) is 6.19. The van der Waals surface area contributed by atoms with Crippen LogP contribution in [0.25, 0.3) is 0 Å². The van der Waals surface area contributed by atoms with Gasteiger partial charge in [-0.25, -0.2) is 5.48 Å². The lowest BCUT2D eigenvalue weighted by molar-refractivity contribution is -0.148. The first-order chi connectivity index (χ1) is 9.50. The van der Waals surface area contributed by atoms with Crippen molar-refractivity contribution >= 4 is 11.9 Å². The summed E-state index contributed by atoms with van der Waals surface area (Å²) in [4.78, 5) is 28.1. The van der Waals surface area contributed by atoms with Crippen LogP contribution in [0.3, 0.4) is 0 Å². The van der Waals surface area contributed by atoms with E-state index in [4.69, 9.17) is 9.57 Å². The van der Waals surface area contributed by atoms with Crippen molar-refractivity contribution in [3.63, 3.8) is 0 Å². The van der Waals surface area contributed by atoms with Gasteiger partial charge in [-0.15, -0.1) is 0 Å². The third-order valence-electron chi connectivity index (χ3n) is 2.97. The first-order valence-corrected chi connectivity index (χ1v) is 6.19. The molecular weight excluding hydrogens is 262 g/mol. The molecule has 0 fully saturated rings. The zero-order chi connectivity index (χ0) is 15.0. The Balaban J connectivity index is 2.68. The number of rotatable bonds is 8. The summed E-state index contributed by atoms with van der Waals surface area (Å²) in [5, 5.41) is 9.40. The van der Waals surface area contributed by atoms with Gasteiger partial charge < -0.3 is 9.84 Å². The third kappa shape index (κ3) is 4.32. The van der Waals surface area contributed by atoms with Crippen LogP contribution in [0.15, 0.2) is 30.3 Å². The number of methoxy groups -OCH3 is 1. The third-order valence-corrected chi connectivity index (χ3v) is 2.97. The molecule has 0 aliphatic carbocycles. The van der Waals surface area contributed by atoms with Crippen molar-refractivity contribution in [1.29, 1.82) is 0 Å². The number of carbonyl (C=O) groups excluding carboxylic acids is 1. The molecule has 6 heteroatoms. The second-order valence-corrected chi connectivity index (χ2v) is 4.55. The van der Waals surface area contributed by atoms with Gasteiger partial charge >= 0.3 is 5.97 Å². The van der Waals surface area contributed by atoms with E-state index in [1.807, 2.05) is 0 Å². The van der Waals surface area contributed by atoms with E-state index in [9.17, 15) is 14.7 Å². The van der Waals surface area contributed by atoms with Gasteiger partial charge in [0.2, 0.25) is 5.91 Å². The zero-order valence-electron chi connectivity index (χ0n) is 11.6. The van der Waals surface area contributed by atoms with E-state index in [-0.39, 0.29) is 13.0 Å². The van der Waals surface area contributed by atoms with Crippen LogP contribution in [-0.2, 0) is 24.6 Å². The minimum absolute atomic E-state index is 0.206. The summed E-state index contributed by atoms with van der Waals surface area (Å²) in [6.45, 7) is 2.06. The monoisotopic (exact) mass is 281 g/mol. The van der Waals surface area contributed by atoms with Gasteiger partial charge in [-0.3, -0.25) is 14.4 Å². The molecule has 110 valence electrons. The molecule has 0 radical (unpaired) electrons. The largest absolute Gasteiger partial charge is 0.481 e. The van der Waals surface area contributed by atoms with Crippen LogP contribution in [0.5, 0.6) is 0 Å². The number of benzene rings is 1. The predicted octanol–water partition coefficient (Wildman–Crippen LogP) is 1.11. The number of hydrogen-bond donors (Lipinski definition) is 2. The highest BCUT2D eigenvalue weighted by Crippen LogP contribution is 2.27. The number of hydrogen-bond acceptors (Lipinski definition) is 4. The molecule has 1 aromatic carbocycles. The molecule has 6 nitrogen and oxygen atoms in total. The van der Waals surface area contributed by atoms with Crippen molar-refractivity contribution < 1.29 is 24.3 Å². The van der Waals surface area contributed by atoms with Crippen molar-refractivity contribution in [2.45, 2.75) is 18.8 Å². The smallest absolute Gasteiger partial charge is 0.314 e. The summed E-state index contributed by atoms with van der Waals surface area (Å²) in [5.74, 6) is -1.55. The van der Waals surface area contributed by atoms with Gasteiger partial charge in [0.05, 0.1) is 18.6 Å². The Hall–Kier alpha value is -1.92. The first kappa shape index (κ1) is 16.1. The molecule has 20 heavy (non-hydrogen) atoms. The number of amides is 1. The second kappa shape index (κ2) is 7.62. The number of nitrogens with one attached hydrogen (secondary N) is 1. The van der Waals surface area contributed by atoms with Gasteiger partial charge in [-0.05, 0) is 12.5 Å². The van der Waals surface area contributed by atoms with Crippen molar-refractivity contribution in [2.24, 2.45) is 0 Å². The lowest BCUT2D eigenvalue weighted by atomic mass is 9.79. The number of carboxylic acid groups (broad SMARTS) is 1. The number of hydroxylamine groups is 1. The molecular formula is C14H19NO5. The van der Waals surface area contributed by atoms with Crippen molar-refractivity contribution in [3.05, 3.63) is 35.9 Å². The summed E-state index contributed by atoms with van der Waals surface area (Å²) in [6.07, 6.45) is -0.209. The molecule has 0 bridgehead atoms. The standard InChI is InChI=1S/C14H19NO5/c1-14(13(17)18,11-6-4-3-5-7-11)10-12(16)15-20-9-8-19-2/h3-7H,8-10H2,1-2H3,(H,15,16)(H,17,18). The predicted molar refractivity (Wildman–Crippen MR) is 72.0 cm³/mol. The Morgan fingerprint density at radius 3 is 2.45 bits per heavy atom. The van der Waals surface area contributed by atoms with Gasteiger partial charge in [-0.2, -0.15) is 0 Å². The van der Waals surface area contributed by atoms with E-state index >= 15 is 0 Å². The molecule has 0 aliphatic heterocycles. The normalized spacial score (nSPS) is 13.5. The van der Waals surface area contributed by atoms with E-state index in [2.05, 4.69) is 5.48 Å². The molecule has 1 atom stereocenters. The lowest BCUT2D eigenvalue weighted by Gasteiger charge is -2.24. The van der Waals surface area contributed by atoms with Crippen LogP contribution in [0.2, 0.25) is 0 Å². The molecule has 0 spiro atoms. The van der Waals surface area contributed by atoms with E-state index in [1.165, 1.54) is 14.0 Å². The van der Waals surface area contributed by atoms with E-state index in [0.29, 0.717) is 12.2 Å². The minimum atomic E-state index is -1.30. The molecule has 0 aromatic heterocycles. The zero-order valence-corrected chi connectivity index (χ0v) is 11.6. The SMILES string of the molecule is COCCONC(=O)CC(C)(C(=O)O)c1ccccc1. The maximum Gasteiger partial charge on any atom is 0.314 e. The molecule has 0 saturated heterocycles. The van der Waals surface area contributed by atoms with Crippen molar-refractivity contribution in [1.82, 2.24) is 5.48 Å². The summed E-state index contributed by atoms with van der Waals surface area (Å²) in [5.41, 5.74) is 1.49. The minimum Gasteiger partial charge on any atom is -0.481 e. The molecule has 2 N–H and O–H groups in total. The van der Waals surface area contributed by atoms with Crippen LogP contribution < -0.4 is 5.48 Å². The van der Waals surface area contributed by atoms with Crippen LogP contribution in [-0.4, -0.2) is 37.3 Å². The van der Waals surface area contributed by atoms with Gasteiger partial charge in [0.25, 0.3) is 0 Å². The molecule has 1 unspecified atom stereocenters. The number of ether oxygens (including phenoxy) is 1. The fourth-order valence-electron chi connectivity index (χ4n) is 1.72. The number of carboxylic acids is 1. The summed E-state index contributed by atoms with van der Waals surface area (Å²) >= 11 is 0. The Morgan fingerprint density at radius 2 is 1.90 bits per heavy atom. The van der Waals surface area contributed by atoms with E-state index < -0.39 is 17.3 Å². The van der Waals surface area contributed by atoms with Gasteiger partial charge in [0, 0.05) is 13.5 Å². The average molecular weight is 281 g/mol. The summed E-state index contributed by atoms with van der Waals surface area (Å²) < 4.78 is 4.76. The second-order valence-electron chi connectivity index (χ2n) is 4.55. The van der Waals surface area contributed by atoms with Crippen molar-refractivity contribution in [2.75, 3.05) is 20.3 Å². The summed E-state index contributed by atoms with van der Waals surface area (Å²) in [7, 11) is 1.52. The molecule has 1 aromatic rings. The highest BCUT2D eigenvalue weighted by Gasteiger charge is 2.37. The van der Waals surface area contributed by atoms with Crippen LogP contribution in [0.1, 0.15) is 18.9 Å². The molecule has 0 saturated carbocycles. The lowest BCUT2D eigenvalue weighted by Crippen LogP contribution is -2.39. The molecule has 1 amide bonds. The van der Waals surface area contributed by atoms with Gasteiger partial charge in [0.15, 0.2) is 0 Å². The van der Waals surface area contributed by atoms with Crippen molar-refractivity contribution in [3.8, 4) is 0 Å².